The van der Waals surface area contributed by atoms with Crippen molar-refractivity contribution in [3.63, 3.8) is 0 Å². The smallest absolute Gasteiger partial charge is 0.329 e. The highest BCUT2D eigenvalue weighted by Gasteiger charge is 2.45. The predicted octanol–water partition coefficient (Wildman–Crippen LogP) is 1.27. The summed E-state index contributed by atoms with van der Waals surface area (Å²) in [7, 11) is 0. The van der Waals surface area contributed by atoms with E-state index in [1.54, 1.807) is 13.1 Å². The summed E-state index contributed by atoms with van der Waals surface area (Å²) in [6.45, 7) is 2.53. The van der Waals surface area contributed by atoms with Crippen molar-refractivity contribution < 1.29 is 14.7 Å². The molecule has 1 aromatic rings. The zero-order valence-electron chi connectivity index (χ0n) is 11.5. The molecule has 2 amide bonds. The van der Waals surface area contributed by atoms with Crippen molar-refractivity contribution in [3.8, 4) is 0 Å². The number of carboxylic acids is 1. The number of likely N-dealkylation sites (tertiary alicyclic amines) is 1. The number of carbonyl (C=O) groups excluding carboxylic acids is 1. The third-order valence-corrected chi connectivity index (χ3v) is 3.73. The van der Waals surface area contributed by atoms with Crippen molar-refractivity contribution in [3.05, 3.63) is 30.1 Å². The molecule has 0 bridgehead atoms. The Balaban J connectivity index is 1.87. The second kappa shape index (κ2) is 5.90. The summed E-state index contributed by atoms with van der Waals surface area (Å²) in [5.74, 6) is -0.949. The first-order valence-electron chi connectivity index (χ1n) is 6.73. The number of aliphatic carboxylic acids is 1. The molecule has 1 aromatic heterocycles. The molecule has 2 rings (SSSR count). The molecule has 0 aromatic carbocycles. The van der Waals surface area contributed by atoms with Gasteiger partial charge in [0.05, 0.1) is 0 Å². The molecule has 2 N–H and O–H groups in total. The van der Waals surface area contributed by atoms with Crippen molar-refractivity contribution >= 4 is 12.0 Å². The minimum absolute atomic E-state index is 0.316. The van der Waals surface area contributed by atoms with Crippen LogP contribution >= 0.6 is 0 Å². The highest BCUT2D eigenvalue weighted by Crippen LogP contribution is 2.29. The van der Waals surface area contributed by atoms with Crippen LogP contribution < -0.4 is 5.32 Å². The summed E-state index contributed by atoms with van der Waals surface area (Å²) >= 11 is 0. The normalized spacial score (nSPS) is 21.8. The van der Waals surface area contributed by atoms with Crippen molar-refractivity contribution in [1.29, 1.82) is 0 Å². The van der Waals surface area contributed by atoms with Crippen LogP contribution in [0.3, 0.4) is 0 Å². The van der Waals surface area contributed by atoms with Gasteiger partial charge in [-0.25, -0.2) is 9.59 Å². The lowest BCUT2D eigenvalue weighted by Crippen LogP contribution is -2.54. The Morgan fingerprint density at radius 3 is 2.95 bits per heavy atom. The lowest BCUT2D eigenvalue weighted by molar-refractivity contribution is -0.147. The van der Waals surface area contributed by atoms with Crippen molar-refractivity contribution in [2.45, 2.75) is 31.7 Å². The molecular formula is C14H19N3O3. The Bertz CT molecular complexity index is 492. The van der Waals surface area contributed by atoms with E-state index in [1.807, 2.05) is 18.2 Å². The summed E-state index contributed by atoms with van der Waals surface area (Å²) in [6, 6.07) is 5.31. The molecule has 1 saturated heterocycles. The van der Waals surface area contributed by atoms with Crippen LogP contribution in [0.4, 0.5) is 4.79 Å². The number of carboxylic acid groups (broad SMARTS) is 1. The highest BCUT2D eigenvalue weighted by atomic mass is 16.4. The second-order valence-electron chi connectivity index (χ2n) is 5.14. The van der Waals surface area contributed by atoms with Gasteiger partial charge in [-0.3, -0.25) is 4.98 Å². The number of hydrogen-bond acceptors (Lipinski definition) is 3. The fourth-order valence-electron chi connectivity index (χ4n) is 2.45. The van der Waals surface area contributed by atoms with Gasteiger partial charge in [0.1, 0.15) is 5.54 Å². The van der Waals surface area contributed by atoms with Gasteiger partial charge in [-0.15, -0.1) is 0 Å². The molecule has 108 valence electrons. The minimum Gasteiger partial charge on any atom is -0.480 e. The fraction of sp³-hybridized carbons (Fsp3) is 0.500. The number of amides is 2. The van der Waals surface area contributed by atoms with Gasteiger partial charge in [-0.05, 0) is 31.9 Å². The minimum atomic E-state index is -1.09. The molecule has 1 aliphatic rings. The summed E-state index contributed by atoms with van der Waals surface area (Å²) in [6.07, 6.45) is 3.55. The maximum absolute atomic E-state index is 12.1. The Kier molecular flexibility index (Phi) is 4.22. The zero-order valence-corrected chi connectivity index (χ0v) is 11.5. The number of hydrogen-bond donors (Lipinski definition) is 2. The largest absolute Gasteiger partial charge is 0.480 e. The Morgan fingerprint density at radius 1 is 1.50 bits per heavy atom. The Labute approximate surface area is 117 Å². The van der Waals surface area contributed by atoms with Crippen LogP contribution in [0, 0.1) is 0 Å². The predicted molar refractivity (Wildman–Crippen MR) is 73.3 cm³/mol. The van der Waals surface area contributed by atoms with Crippen LogP contribution in [0.25, 0.3) is 0 Å². The molecule has 1 atom stereocenters. The van der Waals surface area contributed by atoms with Crippen molar-refractivity contribution in [2.24, 2.45) is 0 Å². The van der Waals surface area contributed by atoms with Crippen molar-refractivity contribution in [1.82, 2.24) is 15.2 Å². The van der Waals surface area contributed by atoms with Crippen LogP contribution in [0.5, 0.6) is 0 Å². The number of carbonyl (C=O) groups is 2. The molecule has 20 heavy (non-hydrogen) atoms. The third kappa shape index (κ3) is 2.89. The monoisotopic (exact) mass is 277 g/mol. The van der Waals surface area contributed by atoms with E-state index < -0.39 is 11.5 Å². The maximum atomic E-state index is 12.1. The van der Waals surface area contributed by atoms with E-state index in [2.05, 4.69) is 10.3 Å². The average Bonchev–Trinajstić information content (AvgIpc) is 2.83. The first kappa shape index (κ1) is 14.3. The topological polar surface area (TPSA) is 82.5 Å². The molecule has 0 spiro atoms. The number of nitrogens with one attached hydrogen (secondary N) is 1. The van der Waals surface area contributed by atoms with Gasteiger partial charge < -0.3 is 15.3 Å². The summed E-state index contributed by atoms with van der Waals surface area (Å²) in [5.41, 5.74) is -0.190. The molecule has 0 radical (unpaired) electrons. The van der Waals surface area contributed by atoms with Gasteiger partial charge in [-0.2, -0.15) is 0 Å². The van der Waals surface area contributed by atoms with E-state index in [4.69, 9.17) is 0 Å². The van der Waals surface area contributed by atoms with E-state index >= 15 is 0 Å². The van der Waals surface area contributed by atoms with Crippen LogP contribution in [-0.4, -0.2) is 45.6 Å². The van der Waals surface area contributed by atoms with Crippen LogP contribution in [-0.2, 0) is 11.2 Å². The molecule has 0 aliphatic carbocycles. The SMILES string of the molecule is CC1(C(=O)O)CCCN1C(=O)NCCc1ccccn1. The summed E-state index contributed by atoms with van der Waals surface area (Å²) < 4.78 is 0. The van der Waals surface area contributed by atoms with E-state index in [1.165, 1.54) is 4.90 Å². The van der Waals surface area contributed by atoms with Gasteiger partial charge in [0.15, 0.2) is 0 Å². The van der Waals surface area contributed by atoms with E-state index in [0.29, 0.717) is 25.9 Å². The number of aromatic nitrogens is 1. The zero-order chi connectivity index (χ0) is 14.6. The lowest BCUT2D eigenvalue weighted by Gasteiger charge is -2.31. The Hall–Kier alpha value is -2.11. The molecule has 1 unspecified atom stereocenters. The first-order valence-corrected chi connectivity index (χ1v) is 6.73. The van der Waals surface area contributed by atoms with Crippen LogP contribution in [0.2, 0.25) is 0 Å². The van der Waals surface area contributed by atoms with E-state index in [0.717, 1.165) is 12.1 Å². The summed E-state index contributed by atoms with van der Waals surface area (Å²) in [5, 5.41) is 12.0. The highest BCUT2D eigenvalue weighted by molar-refractivity contribution is 5.86. The first-order chi connectivity index (χ1) is 9.54. The number of nitrogens with zero attached hydrogens (tertiary/aromatic N) is 2. The molecule has 2 heterocycles. The second-order valence-corrected chi connectivity index (χ2v) is 5.14. The molecular weight excluding hydrogens is 258 g/mol. The molecule has 0 saturated carbocycles. The van der Waals surface area contributed by atoms with Gasteiger partial charge in [0.25, 0.3) is 0 Å². The molecule has 1 aliphatic heterocycles. The van der Waals surface area contributed by atoms with Crippen LogP contribution in [0.1, 0.15) is 25.5 Å². The van der Waals surface area contributed by atoms with E-state index in [-0.39, 0.29) is 6.03 Å². The van der Waals surface area contributed by atoms with Crippen molar-refractivity contribution in [2.75, 3.05) is 13.1 Å². The fourth-order valence-corrected chi connectivity index (χ4v) is 2.45. The molecule has 6 nitrogen and oxygen atoms in total. The molecule has 1 fully saturated rings. The number of rotatable bonds is 4. The lowest BCUT2D eigenvalue weighted by atomic mass is 10.00. The van der Waals surface area contributed by atoms with Gasteiger partial charge >= 0.3 is 12.0 Å². The third-order valence-electron chi connectivity index (χ3n) is 3.73. The van der Waals surface area contributed by atoms with Gasteiger partial charge in [0.2, 0.25) is 0 Å². The van der Waals surface area contributed by atoms with Gasteiger partial charge in [-0.1, -0.05) is 6.07 Å². The Morgan fingerprint density at radius 2 is 2.30 bits per heavy atom. The quantitative estimate of drug-likeness (QED) is 0.868. The average molecular weight is 277 g/mol. The van der Waals surface area contributed by atoms with E-state index in [9.17, 15) is 14.7 Å². The standard InChI is InChI=1S/C14H19N3O3/c1-14(12(18)19)7-4-10-17(14)13(20)16-9-6-11-5-2-3-8-15-11/h2-3,5,8H,4,6-7,9-10H2,1H3,(H,16,20)(H,18,19). The van der Waals surface area contributed by atoms with Crippen LogP contribution in [0.15, 0.2) is 24.4 Å². The maximum Gasteiger partial charge on any atom is 0.329 e. The molecule has 6 heteroatoms. The number of pyridine rings is 1. The number of urea groups is 1. The van der Waals surface area contributed by atoms with Gasteiger partial charge in [0, 0.05) is 31.4 Å². The summed E-state index contributed by atoms with van der Waals surface area (Å²) in [4.78, 5) is 29.0.